The van der Waals surface area contributed by atoms with Crippen molar-refractivity contribution in [1.82, 2.24) is 0 Å². The summed E-state index contributed by atoms with van der Waals surface area (Å²) in [5, 5.41) is 19.1. The maximum Gasteiger partial charge on any atom is 0.339 e. The molecule has 94 valence electrons. The van der Waals surface area contributed by atoms with E-state index in [9.17, 15) is 19.4 Å². The average molecular weight is 309 g/mol. The zero-order valence-electron chi connectivity index (χ0n) is 9.03. The lowest BCUT2D eigenvalue weighted by Gasteiger charge is -2.16. The normalized spacial score (nSPS) is 12.1. The van der Waals surface area contributed by atoms with Crippen molar-refractivity contribution in [3.8, 4) is 11.5 Å². The van der Waals surface area contributed by atoms with Gasteiger partial charge in [-0.25, -0.2) is 9.18 Å². The van der Waals surface area contributed by atoms with Crippen LogP contribution >= 0.6 is 15.9 Å². The van der Waals surface area contributed by atoms with Gasteiger partial charge < -0.3 is 19.7 Å². The van der Waals surface area contributed by atoms with E-state index in [1.807, 2.05) is 0 Å². The Morgan fingerprint density at radius 3 is 2.59 bits per heavy atom. The van der Waals surface area contributed by atoms with E-state index < -0.39 is 23.6 Å². The minimum Gasteiger partial charge on any atom is -0.502 e. The van der Waals surface area contributed by atoms with Gasteiger partial charge in [-0.1, -0.05) is 15.9 Å². The third-order valence-corrected chi connectivity index (χ3v) is 2.75. The summed E-state index contributed by atoms with van der Waals surface area (Å²) in [6.07, 6.45) is -1.68. The first-order valence-electron chi connectivity index (χ1n) is 4.44. The number of aromatic hydroxyl groups is 1. The van der Waals surface area contributed by atoms with Crippen LogP contribution in [0.1, 0.15) is 11.7 Å². The van der Waals surface area contributed by atoms with Gasteiger partial charge in [0.1, 0.15) is 0 Å². The fraction of sp³-hybridized carbons (Fsp3) is 0.300. The molecular formula is C10H10BrFO5. The van der Waals surface area contributed by atoms with Gasteiger partial charge in [0.05, 0.1) is 19.8 Å². The summed E-state index contributed by atoms with van der Waals surface area (Å²) in [6.45, 7) is 0. The Morgan fingerprint density at radius 1 is 1.53 bits per heavy atom. The highest BCUT2D eigenvalue weighted by molar-refractivity contribution is 9.10. The largest absolute Gasteiger partial charge is 0.502 e. The molecule has 2 N–H and O–H groups in total. The van der Waals surface area contributed by atoms with Crippen LogP contribution in [0.15, 0.2) is 10.5 Å². The van der Waals surface area contributed by atoms with Crippen molar-refractivity contribution in [3.05, 3.63) is 21.9 Å². The van der Waals surface area contributed by atoms with Crippen molar-refractivity contribution in [3.63, 3.8) is 0 Å². The first-order chi connectivity index (χ1) is 7.93. The SMILES string of the molecule is COC(=O)C(O)c1c(Br)cc(F)c(O)c1OC. The molecule has 1 rings (SSSR count). The van der Waals surface area contributed by atoms with Gasteiger partial charge in [-0.05, 0) is 6.07 Å². The van der Waals surface area contributed by atoms with Crippen LogP contribution in [-0.2, 0) is 9.53 Å². The summed E-state index contributed by atoms with van der Waals surface area (Å²) < 4.78 is 22.4. The number of hydrogen-bond acceptors (Lipinski definition) is 5. The number of carbonyl (C=O) groups excluding carboxylic acids is 1. The van der Waals surface area contributed by atoms with E-state index in [1.54, 1.807) is 0 Å². The lowest BCUT2D eigenvalue weighted by Crippen LogP contribution is -2.15. The predicted molar refractivity (Wildman–Crippen MR) is 59.3 cm³/mol. The molecule has 0 bridgehead atoms. The van der Waals surface area contributed by atoms with Crippen LogP contribution in [0.2, 0.25) is 0 Å². The topological polar surface area (TPSA) is 76.0 Å². The number of phenolic OH excluding ortho intramolecular Hbond substituents is 1. The molecule has 17 heavy (non-hydrogen) atoms. The van der Waals surface area contributed by atoms with E-state index in [0.29, 0.717) is 0 Å². The van der Waals surface area contributed by atoms with Gasteiger partial charge in [-0.15, -0.1) is 0 Å². The van der Waals surface area contributed by atoms with E-state index in [2.05, 4.69) is 20.7 Å². The molecule has 0 aliphatic carbocycles. The van der Waals surface area contributed by atoms with Crippen molar-refractivity contribution >= 4 is 21.9 Å². The second-order valence-corrected chi connectivity index (χ2v) is 3.92. The number of methoxy groups -OCH3 is 2. The summed E-state index contributed by atoms with van der Waals surface area (Å²) in [6, 6.07) is 0.916. The van der Waals surface area contributed by atoms with Crippen LogP contribution < -0.4 is 4.74 Å². The van der Waals surface area contributed by atoms with Crippen molar-refractivity contribution in [2.75, 3.05) is 14.2 Å². The monoisotopic (exact) mass is 308 g/mol. The van der Waals surface area contributed by atoms with Crippen molar-refractivity contribution in [1.29, 1.82) is 0 Å². The minimum atomic E-state index is -1.68. The second kappa shape index (κ2) is 5.33. The molecule has 0 saturated heterocycles. The minimum absolute atomic E-state index is 0.0857. The number of rotatable bonds is 3. The number of phenols is 1. The smallest absolute Gasteiger partial charge is 0.339 e. The molecular weight excluding hydrogens is 299 g/mol. The fourth-order valence-electron chi connectivity index (χ4n) is 1.29. The number of benzene rings is 1. The van der Waals surface area contributed by atoms with Gasteiger partial charge in [0.25, 0.3) is 0 Å². The van der Waals surface area contributed by atoms with Crippen LogP contribution in [0.25, 0.3) is 0 Å². The van der Waals surface area contributed by atoms with Crippen molar-refractivity contribution < 1.29 is 28.9 Å². The maximum atomic E-state index is 13.2. The lowest BCUT2D eigenvalue weighted by molar-refractivity contribution is -0.150. The van der Waals surface area contributed by atoms with E-state index in [1.165, 1.54) is 7.11 Å². The molecule has 0 radical (unpaired) electrons. The molecule has 5 nitrogen and oxygen atoms in total. The van der Waals surface area contributed by atoms with Gasteiger partial charge in [0.2, 0.25) is 0 Å². The van der Waals surface area contributed by atoms with Gasteiger partial charge >= 0.3 is 5.97 Å². The number of carbonyl (C=O) groups is 1. The number of halogens is 2. The molecule has 0 aliphatic heterocycles. The van der Waals surface area contributed by atoms with E-state index in [-0.39, 0.29) is 15.8 Å². The Hall–Kier alpha value is -1.34. The molecule has 1 atom stereocenters. The quantitative estimate of drug-likeness (QED) is 0.828. The van der Waals surface area contributed by atoms with Crippen molar-refractivity contribution in [2.24, 2.45) is 0 Å². The molecule has 7 heteroatoms. The highest BCUT2D eigenvalue weighted by atomic mass is 79.9. The van der Waals surface area contributed by atoms with Gasteiger partial charge in [0.15, 0.2) is 23.4 Å². The molecule has 0 aliphatic rings. The molecule has 1 aromatic rings. The zero-order chi connectivity index (χ0) is 13.2. The second-order valence-electron chi connectivity index (χ2n) is 3.06. The number of ether oxygens (including phenoxy) is 2. The summed E-state index contributed by atoms with van der Waals surface area (Å²) in [4.78, 5) is 11.2. The molecule has 1 aromatic carbocycles. The Labute approximate surface area is 105 Å². The maximum absolute atomic E-state index is 13.2. The van der Waals surface area contributed by atoms with Crippen LogP contribution in [0.4, 0.5) is 4.39 Å². The molecule has 0 fully saturated rings. The Bertz CT molecular complexity index is 449. The zero-order valence-corrected chi connectivity index (χ0v) is 10.6. The fourth-order valence-corrected chi connectivity index (χ4v) is 1.89. The third kappa shape index (κ3) is 2.50. The highest BCUT2D eigenvalue weighted by Gasteiger charge is 2.28. The van der Waals surface area contributed by atoms with Crippen LogP contribution in [-0.4, -0.2) is 30.4 Å². The molecule has 0 aromatic heterocycles. The number of hydrogen-bond donors (Lipinski definition) is 2. The van der Waals surface area contributed by atoms with Crippen LogP contribution in [0.3, 0.4) is 0 Å². The van der Waals surface area contributed by atoms with Gasteiger partial charge in [-0.3, -0.25) is 0 Å². The molecule has 1 unspecified atom stereocenters. The molecule has 0 spiro atoms. The first-order valence-corrected chi connectivity index (χ1v) is 5.24. The number of aliphatic hydroxyl groups is 1. The molecule has 0 heterocycles. The van der Waals surface area contributed by atoms with Crippen molar-refractivity contribution in [2.45, 2.75) is 6.10 Å². The van der Waals surface area contributed by atoms with Crippen LogP contribution in [0, 0.1) is 5.82 Å². The Kier molecular flexibility index (Phi) is 4.30. The summed E-state index contributed by atoms with van der Waals surface area (Å²) >= 11 is 2.97. The number of esters is 1. The Morgan fingerprint density at radius 2 is 2.12 bits per heavy atom. The van der Waals surface area contributed by atoms with E-state index in [0.717, 1.165) is 13.2 Å². The highest BCUT2D eigenvalue weighted by Crippen LogP contribution is 2.41. The van der Waals surface area contributed by atoms with E-state index in [4.69, 9.17) is 4.74 Å². The Balaban J connectivity index is 3.41. The molecule has 0 amide bonds. The summed E-state index contributed by atoms with van der Waals surface area (Å²) in [5.74, 6) is -2.99. The number of aliphatic hydroxyl groups excluding tert-OH is 1. The lowest BCUT2D eigenvalue weighted by atomic mass is 10.1. The van der Waals surface area contributed by atoms with Gasteiger partial charge in [-0.2, -0.15) is 0 Å². The first kappa shape index (κ1) is 13.7. The summed E-state index contributed by atoms with van der Waals surface area (Å²) in [5.41, 5.74) is -0.0988. The average Bonchev–Trinajstić information content (AvgIpc) is 2.31. The molecule has 0 saturated carbocycles. The van der Waals surface area contributed by atoms with Gasteiger partial charge in [0, 0.05) is 4.47 Å². The van der Waals surface area contributed by atoms with Crippen LogP contribution in [0.5, 0.6) is 11.5 Å². The standard InChI is InChI=1S/C10H10BrFO5/c1-16-9-6(8(14)10(15)17-2)4(11)3-5(12)7(9)13/h3,8,13-14H,1-2H3. The summed E-state index contributed by atoms with van der Waals surface area (Å²) in [7, 11) is 2.27. The third-order valence-electron chi connectivity index (χ3n) is 2.10. The van der Waals surface area contributed by atoms with E-state index >= 15 is 0 Å². The predicted octanol–water partition coefficient (Wildman–Crippen LogP) is 1.51.